The predicted molar refractivity (Wildman–Crippen MR) is 141 cm³/mol. The number of amides is 2. The lowest BCUT2D eigenvalue weighted by Gasteiger charge is -2.24. The van der Waals surface area contributed by atoms with E-state index in [0.717, 1.165) is 24.1 Å². The van der Waals surface area contributed by atoms with E-state index in [1.165, 1.54) is 22.7 Å². The zero-order valence-corrected chi connectivity index (χ0v) is 22.0. The Morgan fingerprint density at radius 3 is 2.53 bits per heavy atom. The number of nitrogens with one attached hydrogen (secondary N) is 1. The van der Waals surface area contributed by atoms with E-state index in [1.807, 2.05) is 39.0 Å². The molecule has 6 nitrogen and oxygen atoms in total. The molecule has 188 valence electrons. The van der Waals surface area contributed by atoms with Crippen molar-refractivity contribution in [2.45, 2.75) is 50.3 Å². The van der Waals surface area contributed by atoms with Crippen molar-refractivity contribution in [3.8, 4) is 5.69 Å². The molecular weight excluding hydrogens is 499 g/mol. The summed E-state index contributed by atoms with van der Waals surface area (Å²) in [5.41, 5.74) is 2.08. The Balaban J connectivity index is 1.77. The first kappa shape index (κ1) is 24.8. The van der Waals surface area contributed by atoms with Crippen molar-refractivity contribution >= 4 is 41.0 Å². The Hall–Kier alpha value is -2.84. The van der Waals surface area contributed by atoms with Crippen molar-refractivity contribution < 1.29 is 14.0 Å². The number of carbonyl (C=O) groups excluding carboxylic acids is 2. The number of para-hydroxylation sites is 1. The van der Waals surface area contributed by atoms with Crippen molar-refractivity contribution in [2.24, 2.45) is 0 Å². The van der Waals surface area contributed by atoms with E-state index in [0.29, 0.717) is 22.1 Å². The SMILES string of the molecule is CC(C)(C)c1nn(-c2ccccc2Cl)c2c1C(c1ccccc1F)SCC(=O)N2CC(=O)NC1CC1. The van der Waals surface area contributed by atoms with E-state index in [9.17, 15) is 9.59 Å². The van der Waals surface area contributed by atoms with Gasteiger partial charge in [0.25, 0.3) is 0 Å². The third kappa shape index (κ3) is 4.76. The van der Waals surface area contributed by atoms with Crippen molar-refractivity contribution in [3.63, 3.8) is 0 Å². The second kappa shape index (κ2) is 9.56. The minimum atomic E-state index is -0.493. The number of hydrogen-bond acceptors (Lipinski definition) is 4. The van der Waals surface area contributed by atoms with Gasteiger partial charge in [-0.25, -0.2) is 9.07 Å². The van der Waals surface area contributed by atoms with Crippen LogP contribution in [-0.4, -0.2) is 39.9 Å². The Morgan fingerprint density at radius 1 is 1.17 bits per heavy atom. The van der Waals surface area contributed by atoms with Gasteiger partial charge < -0.3 is 5.32 Å². The summed E-state index contributed by atoms with van der Waals surface area (Å²) in [6.07, 6.45) is 1.89. The summed E-state index contributed by atoms with van der Waals surface area (Å²) in [6.45, 7) is 5.96. The van der Waals surface area contributed by atoms with Crippen molar-refractivity contribution in [2.75, 3.05) is 17.2 Å². The summed E-state index contributed by atoms with van der Waals surface area (Å²) >= 11 is 7.96. The molecule has 1 N–H and O–H groups in total. The average molecular weight is 527 g/mol. The topological polar surface area (TPSA) is 67.2 Å². The number of anilines is 1. The van der Waals surface area contributed by atoms with E-state index < -0.39 is 10.7 Å². The summed E-state index contributed by atoms with van der Waals surface area (Å²) < 4.78 is 16.8. The van der Waals surface area contributed by atoms with Crippen LogP contribution >= 0.6 is 23.4 Å². The molecule has 1 saturated carbocycles. The number of fused-ring (bicyclic) bond motifs is 1. The van der Waals surface area contributed by atoms with Crippen molar-refractivity contribution in [3.05, 3.63) is 76.2 Å². The van der Waals surface area contributed by atoms with Crippen molar-refractivity contribution in [1.29, 1.82) is 0 Å². The van der Waals surface area contributed by atoms with Crippen LogP contribution in [0.5, 0.6) is 0 Å². The molecule has 2 amide bonds. The number of carbonyl (C=O) groups is 2. The highest BCUT2D eigenvalue weighted by Gasteiger charge is 2.41. The smallest absolute Gasteiger partial charge is 0.240 e. The predicted octanol–water partition coefficient (Wildman–Crippen LogP) is 5.41. The summed E-state index contributed by atoms with van der Waals surface area (Å²) in [5.74, 6) is -0.257. The maximum Gasteiger partial charge on any atom is 0.240 e. The Morgan fingerprint density at radius 2 is 1.86 bits per heavy atom. The number of thioether (sulfide) groups is 1. The molecule has 1 atom stereocenters. The quantitative estimate of drug-likeness (QED) is 0.482. The van der Waals surface area contributed by atoms with E-state index in [-0.39, 0.29) is 36.0 Å². The third-order valence-electron chi connectivity index (χ3n) is 6.31. The van der Waals surface area contributed by atoms with Crippen LogP contribution in [-0.2, 0) is 15.0 Å². The summed E-state index contributed by atoms with van der Waals surface area (Å²) in [4.78, 5) is 28.0. The van der Waals surface area contributed by atoms with Crippen LogP contribution in [0.3, 0.4) is 0 Å². The number of nitrogens with zero attached hydrogens (tertiary/aromatic N) is 3. The normalized spacial score (nSPS) is 18.1. The van der Waals surface area contributed by atoms with Gasteiger partial charge in [0.05, 0.1) is 27.4 Å². The number of hydrogen-bond donors (Lipinski definition) is 1. The molecule has 3 aromatic rings. The fraction of sp³-hybridized carbons (Fsp3) is 0.370. The molecular formula is C27H28ClFN4O2S. The third-order valence-corrected chi connectivity index (χ3v) is 7.87. The van der Waals surface area contributed by atoms with Gasteiger partial charge in [-0.3, -0.25) is 14.5 Å². The van der Waals surface area contributed by atoms with Gasteiger partial charge in [0.2, 0.25) is 11.8 Å². The lowest BCUT2D eigenvalue weighted by molar-refractivity contribution is -0.123. The summed E-state index contributed by atoms with van der Waals surface area (Å²) in [7, 11) is 0. The number of rotatable bonds is 5. The highest BCUT2D eigenvalue weighted by molar-refractivity contribution is 8.00. The highest BCUT2D eigenvalue weighted by atomic mass is 35.5. The maximum absolute atomic E-state index is 15.2. The zero-order valence-electron chi connectivity index (χ0n) is 20.4. The van der Waals surface area contributed by atoms with Gasteiger partial charge >= 0.3 is 0 Å². The Kier molecular flexibility index (Phi) is 6.59. The molecule has 2 aliphatic rings. The van der Waals surface area contributed by atoms with Gasteiger partial charge in [0.15, 0.2) is 0 Å². The van der Waals surface area contributed by atoms with E-state index >= 15 is 4.39 Å². The average Bonchev–Trinajstić information content (AvgIpc) is 3.56. The maximum atomic E-state index is 15.2. The molecule has 1 aliphatic heterocycles. The van der Waals surface area contributed by atoms with Crippen LogP contribution in [0.2, 0.25) is 5.02 Å². The first-order valence-electron chi connectivity index (χ1n) is 12.0. The second-order valence-corrected chi connectivity index (χ2v) is 11.7. The van der Waals surface area contributed by atoms with Crippen LogP contribution in [0, 0.1) is 5.82 Å². The molecule has 9 heteroatoms. The minimum Gasteiger partial charge on any atom is -0.352 e. The van der Waals surface area contributed by atoms with Crippen molar-refractivity contribution in [1.82, 2.24) is 15.1 Å². The van der Waals surface area contributed by atoms with E-state index in [4.69, 9.17) is 16.7 Å². The Bertz CT molecular complexity index is 1330. The molecule has 1 unspecified atom stereocenters. The molecule has 5 rings (SSSR count). The molecule has 2 aromatic carbocycles. The second-order valence-electron chi connectivity index (χ2n) is 10.2. The molecule has 0 bridgehead atoms. The van der Waals surface area contributed by atoms with Gasteiger partial charge in [0, 0.05) is 22.6 Å². The van der Waals surface area contributed by atoms with Gasteiger partial charge in [-0.1, -0.05) is 62.7 Å². The fourth-order valence-electron chi connectivity index (χ4n) is 4.44. The first-order valence-corrected chi connectivity index (χ1v) is 13.4. The lowest BCUT2D eigenvalue weighted by atomic mass is 9.87. The summed E-state index contributed by atoms with van der Waals surface area (Å²) in [5, 5.41) is 7.92. The molecule has 36 heavy (non-hydrogen) atoms. The number of benzene rings is 2. The van der Waals surface area contributed by atoms with Gasteiger partial charge in [-0.05, 0) is 31.0 Å². The monoisotopic (exact) mass is 526 g/mol. The molecule has 0 saturated heterocycles. The van der Waals surface area contributed by atoms with Crippen LogP contribution < -0.4 is 10.2 Å². The van der Waals surface area contributed by atoms with Crippen LogP contribution in [0.4, 0.5) is 10.2 Å². The van der Waals surface area contributed by atoms with Crippen LogP contribution in [0.1, 0.15) is 55.7 Å². The minimum absolute atomic E-state index is 0.0937. The largest absolute Gasteiger partial charge is 0.352 e. The number of halogens is 2. The zero-order chi connectivity index (χ0) is 25.6. The molecule has 2 heterocycles. The van der Waals surface area contributed by atoms with Gasteiger partial charge in [0.1, 0.15) is 18.2 Å². The first-order chi connectivity index (χ1) is 17.1. The van der Waals surface area contributed by atoms with Crippen LogP contribution in [0.25, 0.3) is 5.69 Å². The van der Waals surface area contributed by atoms with Crippen LogP contribution in [0.15, 0.2) is 48.5 Å². The van der Waals surface area contributed by atoms with E-state index in [1.54, 1.807) is 28.9 Å². The number of aromatic nitrogens is 2. The van der Waals surface area contributed by atoms with Gasteiger partial charge in [-0.15, -0.1) is 11.8 Å². The molecule has 0 radical (unpaired) electrons. The molecule has 0 spiro atoms. The van der Waals surface area contributed by atoms with E-state index in [2.05, 4.69) is 5.32 Å². The van der Waals surface area contributed by atoms with Gasteiger partial charge in [-0.2, -0.15) is 5.10 Å². The molecule has 1 aliphatic carbocycles. The standard InChI is InChI=1S/C27H28ClFN4O2S/c1-27(2,3)25-23-24(17-8-4-6-10-19(17)29)36-15-22(35)32(14-21(34)30-16-12-13-16)26(23)33(31-25)20-11-7-5-9-18(20)28/h4-11,16,24H,12-15H2,1-3H3,(H,30,34). The molecule has 1 aromatic heterocycles. The summed E-state index contributed by atoms with van der Waals surface area (Å²) in [6, 6.07) is 14.0. The Labute approximate surface area is 219 Å². The highest BCUT2D eigenvalue weighted by Crippen LogP contribution is 2.49. The molecule has 1 fully saturated rings. The lowest BCUT2D eigenvalue weighted by Crippen LogP contribution is -2.43. The fourth-order valence-corrected chi connectivity index (χ4v) is 5.88.